The van der Waals surface area contributed by atoms with Crippen LogP contribution in [0.2, 0.25) is 0 Å². The Morgan fingerprint density at radius 1 is 1.12 bits per heavy atom. The molecule has 2 fully saturated rings. The van der Waals surface area contributed by atoms with Crippen molar-refractivity contribution in [3.05, 3.63) is 12.4 Å². The molecule has 2 aliphatic rings. The SMILES string of the molecule is CC1(C)OB(c2cnc(N3CCN(C(=O)CCl)CC3)nc2)OC1(C)C. The predicted octanol–water partition coefficient (Wildman–Crippen LogP) is 0.663. The summed E-state index contributed by atoms with van der Waals surface area (Å²) in [6.45, 7) is 10.7. The van der Waals surface area contributed by atoms with E-state index in [9.17, 15) is 4.79 Å². The van der Waals surface area contributed by atoms with Crippen LogP contribution in [0, 0.1) is 0 Å². The second kappa shape index (κ2) is 6.74. The monoisotopic (exact) mass is 366 g/mol. The van der Waals surface area contributed by atoms with Crippen LogP contribution in [0.3, 0.4) is 0 Å². The third kappa shape index (κ3) is 3.61. The molecule has 0 bridgehead atoms. The second-order valence-electron chi connectivity index (χ2n) is 7.41. The molecular weight excluding hydrogens is 342 g/mol. The summed E-state index contributed by atoms with van der Waals surface area (Å²) in [5.41, 5.74) is 0.0295. The highest BCUT2D eigenvalue weighted by Crippen LogP contribution is 2.36. The summed E-state index contributed by atoms with van der Waals surface area (Å²) in [5, 5.41) is 0. The number of hydrogen-bond acceptors (Lipinski definition) is 6. The van der Waals surface area contributed by atoms with Crippen molar-refractivity contribution < 1.29 is 14.1 Å². The molecule has 3 rings (SSSR count). The molecule has 1 amide bonds. The Labute approximate surface area is 153 Å². The molecule has 0 radical (unpaired) electrons. The molecule has 7 nitrogen and oxygen atoms in total. The van der Waals surface area contributed by atoms with Crippen molar-refractivity contribution in [2.75, 3.05) is 37.0 Å². The Kier molecular flexibility index (Phi) is 4.96. The van der Waals surface area contributed by atoms with Crippen LogP contribution in [0.25, 0.3) is 0 Å². The first kappa shape index (κ1) is 18.4. The zero-order valence-electron chi connectivity index (χ0n) is 15.2. The van der Waals surface area contributed by atoms with E-state index in [0.29, 0.717) is 32.1 Å². The van der Waals surface area contributed by atoms with Gasteiger partial charge in [0.05, 0.1) is 11.2 Å². The van der Waals surface area contributed by atoms with E-state index in [0.717, 1.165) is 5.46 Å². The highest BCUT2D eigenvalue weighted by molar-refractivity contribution is 6.61. The summed E-state index contributed by atoms with van der Waals surface area (Å²) in [6, 6.07) is 0. The number of aromatic nitrogens is 2. The molecule has 0 aromatic carbocycles. The highest BCUT2D eigenvalue weighted by atomic mass is 35.5. The summed E-state index contributed by atoms with van der Waals surface area (Å²) in [6.07, 6.45) is 3.50. The van der Waals surface area contributed by atoms with Gasteiger partial charge in [-0.25, -0.2) is 9.97 Å². The van der Waals surface area contributed by atoms with Crippen LogP contribution in [-0.4, -0.2) is 71.2 Å². The molecule has 2 saturated heterocycles. The van der Waals surface area contributed by atoms with Gasteiger partial charge in [0.15, 0.2) is 0 Å². The predicted molar refractivity (Wildman–Crippen MR) is 97.3 cm³/mol. The fraction of sp³-hybridized carbons (Fsp3) is 0.688. The Balaban J connectivity index is 1.63. The van der Waals surface area contributed by atoms with Crippen molar-refractivity contribution in [1.29, 1.82) is 0 Å². The summed E-state index contributed by atoms with van der Waals surface area (Å²) < 4.78 is 12.0. The second-order valence-corrected chi connectivity index (χ2v) is 7.67. The topological polar surface area (TPSA) is 67.8 Å². The average molecular weight is 367 g/mol. The first-order chi connectivity index (χ1) is 11.7. The van der Waals surface area contributed by atoms with Crippen LogP contribution >= 0.6 is 11.6 Å². The Morgan fingerprint density at radius 2 is 1.64 bits per heavy atom. The normalized spacial score (nSPS) is 22.4. The third-order valence-electron chi connectivity index (χ3n) is 5.21. The molecule has 0 aliphatic carbocycles. The lowest BCUT2D eigenvalue weighted by molar-refractivity contribution is -0.128. The van der Waals surface area contributed by atoms with E-state index in [1.54, 1.807) is 17.3 Å². The quantitative estimate of drug-likeness (QED) is 0.578. The minimum atomic E-state index is -0.461. The lowest BCUT2D eigenvalue weighted by atomic mass is 9.81. The number of hydrogen-bond donors (Lipinski definition) is 0. The van der Waals surface area contributed by atoms with E-state index >= 15 is 0 Å². The maximum Gasteiger partial charge on any atom is 0.498 e. The summed E-state index contributed by atoms with van der Waals surface area (Å²) in [7, 11) is -0.461. The molecule has 0 saturated carbocycles. The molecule has 0 atom stereocenters. The number of carbonyl (C=O) groups is 1. The van der Waals surface area contributed by atoms with Gasteiger partial charge < -0.3 is 19.1 Å². The Morgan fingerprint density at radius 3 is 2.12 bits per heavy atom. The van der Waals surface area contributed by atoms with Gasteiger partial charge in [0.2, 0.25) is 11.9 Å². The van der Waals surface area contributed by atoms with Crippen LogP contribution < -0.4 is 10.4 Å². The van der Waals surface area contributed by atoms with Gasteiger partial charge in [-0.1, -0.05) is 0 Å². The number of rotatable bonds is 3. The lowest BCUT2D eigenvalue weighted by Crippen LogP contribution is -2.49. The van der Waals surface area contributed by atoms with Crippen LogP contribution in [-0.2, 0) is 14.1 Å². The molecule has 2 aliphatic heterocycles. The van der Waals surface area contributed by atoms with Gasteiger partial charge in [-0.2, -0.15) is 0 Å². The molecule has 1 aromatic rings. The average Bonchev–Trinajstić information content (AvgIpc) is 2.82. The highest BCUT2D eigenvalue weighted by Gasteiger charge is 2.52. The number of nitrogens with zero attached hydrogens (tertiary/aromatic N) is 4. The fourth-order valence-corrected chi connectivity index (χ4v) is 3.00. The molecule has 9 heteroatoms. The molecule has 3 heterocycles. The Bertz CT molecular complexity index is 617. The maximum absolute atomic E-state index is 11.6. The molecule has 25 heavy (non-hydrogen) atoms. The van der Waals surface area contributed by atoms with E-state index in [2.05, 4.69) is 14.9 Å². The fourth-order valence-electron chi connectivity index (χ4n) is 2.84. The largest absolute Gasteiger partial charge is 0.498 e. The molecular formula is C16H24BClN4O3. The minimum absolute atomic E-state index is 0.0271. The van der Waals surface area contributed by atoms with Crippen molar-refractivity contribution in [3.63, 3.8) is 0 Å². The van der Waals surface area contributed by atoms with Gasteiger partial charge in [-0.05, 0) is 27.7 Å². The van der Waals surface area contributed by atoms with Gasteiger partial charge in [0.25, 0.3) is 0 Å². The summed E-state index contributed by atoms with van der Waals surface area (Å²) in [4.78, 5) is 24.4. The lowest BCUT2D eigenvalue weighted by Gasteiger charge is -2.34. The van der Waals surface area contributed by atoms with Gasteiger partial charge in [0.1, 0.15) is 5.88 Å². The van der Waals surface area contributed by atoms with Gasteiger partial charge in [-0.3, -0.25) is 4.79 Å². The van der Waals surface area contributed by atoms with Crippen LogP contribution in [0.1, 0.15) is 27.7 Å². The van der Waals surface area contributed by atoms with E-state index in [1.165, 1.54) is 0 Å². The first-order valence-electron chi connectivity index (χ1n) is 8.50. The number of anilines is 1. The standard InChI is InChI=1S/C16H24BClN4O3/c1-15(2)16(3,4)25-17(24-15)12-10-19-14(20-11-12)22-7-5-21(6-8-22)13(23)9-18/h10-11H,5-9H2,1-4H3. The van der Waals surface area contributed by atoms with Crippen molar-refractivity contribution >= 4 is 36.0 Å². The van der Waals surface area contributed by atoms with E-state index in [1.807, 2.05) is 27.7 Å². The first-order valence-corrected chi connectivity index (χ1v) is 9.03. The summed E-state index contributed by atoms with van der Waals surface area (Å²) in [5.74, 6) is 0.649. The van der Waals surface area contributed by atoms with Crippen molar-refractivity contribution in [3.8, 4) is 0 Å². The number of carbonyl (C=O) groups excluding carboxylic acids is 1. The molecule has 1 aromatic heterocycles. The number of alkyl halides is 1. The third-order valence-corrected chi connectivity index (χ3v) is 5.44. The Hall–Kier alpha value is -1.38. The van der Waals surface area contributed by atoms with Crippen LogP contribution in [0.5, 0.6) is 0 Å². The van der Waals surface area contributed by atoms with E-state index in [-0.39, 0.29) is 23.0 Å². The maximum atomic E-state index is 11.6. The van der Waals surface area contributed by atoms with Crippen molar-refractivity contribution in [2.45, 2.75) is 38.9 Å². The molecule has 0 unspecified atom stereocenters. The number of halogens is 1. The van der Waals surface area contributed by atoms with Gasteiger partial charge >= 0.3 is 7.12 Å². The van der Waals surface area contributed by atoms with E-state index in [4.69, 9.17) is 20.9 Å². The zero-order valence-corrected chi connectivity index (χ0v) is 15.9. The van der Waals surface area contributed by atoms with E-state index < -0.39 is 7.12 Å². The van der Waals surface area contributed by atoms with Gasteiger partial charge in [-0.15, -0.1) is 11.6 Å². The smallest absolute Gasteiger partial charge is 0.399 e. The molecule has 0 spiro atoms. The zero-order chi connectivity index (χ0) is 18.2. The summed E-state index contributed by atoms with van der Waals surface area (Å²) >= 11 is 5.61. The molecule has 0 N–H and O–H groups in total. The molecule has 136 valence electrons. The van der Waals surface area contributed by atoms with Crippen molar-refractivity contribution in [2.24, 2.45) is 0 Å². The minimum Gasteiger partial charge on any atom is -0.399 e. The van der Waals surface area contributed by atoms with Crippen LogP contribution in [0.4, 0.5) is 5.95 Å². The van der Waals surface area contributed by atoms with Crippen molar-refractivity contribution in [1.82, 2.24) is 14.9 Å². The van der Waals surface area contributed by atoms with Crippen LogP contribution in [0.15, 0.2) is 12.4 Å². The number of piperazine rings is 1. The number of amides is 1. The van der Waals surface area contributed by atoms with Gasteiger partial charge in [0, 0.05) is 44.0 Å².